The van der Waals surface area contributed by atoms with Gasteiger partial charge >= 0.3 is 86.0 Å². The normalized spacial score (nSPS) is 9.92. The Morgan fingerprint density at radius 2 is 1.77 bits per heavy atom. The van der Waals surface area contributed by atoms with E-state index in [9.17, 15) is 9.59 Å². The van der Waals surface area contributed by atoms with Gasteiger partial charge in [-0.2, -0.15) is 0 Å². The Labute approximate surface area is 86.0 Å². The molecule has 0 aliphatic carbocycles. The standard InChI is InChI=1S/C9H8IO3/c1-6-2-4-7(5-3-6)8(11)10-9(12)13/h2-5H,1H3,(H,12,13)/q-1. The first-order chi connectivity index (χ1) is 6.09. The fourth-order valence-electron chi connectivity index (χ4n) is 0.813. The minimum atomic E-state index is -1.41. The summed E-state index contributed by atoms with van der Waals surface area (Å²) in [5.41, 5.74) is 1.56. The molecule has 0 bridgehead atoms. The van der Waals surface area contributed by atoms with E-state index in [0.29, 0.717) is 5.56 Å². The van der Waals surface area contributed by atoms with E-state index < -0.39 is 25.2 Å². The van der Waals surface area contributed by atoms with E-state index in [1.54, 1.807) is 24.3 Å². The van der Waals surface area contributed by atoms with Gasteiger partial charge in [0.25, 0.3) is 0 Å². The van der Waals surface area contributed by atoms with Gasteiger partial charge in [-0.05, 0) is 0 Å². The molecule has 4 heteroatoms. The van der Waals surface area contributed by atoms with Crippen LogP contribution < -0.4 is 21.2 Å². The first-order valence-corrected chi connectivity index (χ1v) is 5.74. The maximum atomic E-state index is 11.2. The average Bonchev–Trinajstić information content (AvgIpc) is 2.04. The Morgan fingerprint density at radius 1 is 1.23 bits per heavy atom. The van der Waals surface area contributed by atoms with Crippen LogP contribution in [0.2, 0.25) is 0 Å². The molecule has 0 heterocycles. The van der Waals surface area contributed by atoms with Crippen molar-refractivity contribution >= 4 is 7.77 Å². The molecule has 0 amide bonds. The van der Waals surface area contributed by atoms with Gasteiger partial charge in [0.05, 0.1) is 0 Å². The number of carbonyl (C=O) groups is 2. The molecule has 0 saturated heterocycles. The van der Waals surface area contributed by atoms with Crippen LogP contribution in [-0.2, 0) is 0 Å². The second kappa shape index (κ2) is 4.36. The van der Waals surface area contributed by atoms with Gasteiger partial charge in [0.2, 0.25) is 0 Å². The van der Waals surface area contributed by atoms with Gasteiger partial charge in [0.1, 0.15) is 0 Å². The fraction of sp³-hybridized carbons (Fsp3) is 0.111. The molecule has 0 fully saturated rings. The van der Waals surface area contributed by atoms with Crippen LogP contribution >= 0.6 is 0 Å². The summed E-state index contributed by atoms with van der Waals surface area (Å²) in [7, 11) is 0. The number of benzene rings is 1. The van der Waals surface area contributed by atoms with E-state index in [4.69, 9.17) is 5.11 Å². The van der Waals surface area contributed by atoms with Crippen LogP contribution in [0.3, 0.4) is 0 Å². The van der Waals surface area contributed by atoms with Crippen molar-refractivity contribution in [3.63, 3.8) is 0 Å². The number of hydrogen-bond acceptors (Lipinski definition) is 2. The van der Waals surface area contributed by atoms with E-state index in [1.165, 1.54) is 0 Å². The molecule has 0 aliphatic heterocycles. The van der Waals surface area contributed by atoms with Crippen molar-refractivity contribution in [1.29, 1.82) is 0 Å². The first kappa shape index (κ1) is 10.2. The third-order valence-electron chi connectivity index (χ3n) is 1.45. The molecular formula is C9H8IO3-. The predicted octanol–water partition coefficient (Wildman–Crippen LogP) is -1.10. The van der Waals surface area contributed by atoms with Gasteiger partial charge in [-0.3, -0.25) is 0 Å². The maximum absolute atomic E-state index is 11.2. The van der Waals surface area contributed by atoms with Crippen LogP contribution in [0.25, 0.3) is 0 Å². The van der Waals surface area contributed by atoms with Crippen LogP contribution in [-0.4, -0.2) is 12.9 Å². The van der Waals surface area contributed by atoms with Crippen LogP contribution in [0, 0.1) is 6.92 Å². The molecule has 0 aliphatic rings. The summed E-state index contributed by atoms with van der Waals surface area (Å²) >= 11 is -1.41. The van der Waals surface area contributed by atoms with Crippen molar-refractivity contribution in [3.05, 3.63) is 35.4 Å². The zero-order valence-corrected chi connectivity index (χ0v) is 9.11. The van der Waals surface area contributed by atoms with E-state index >= 15 is 0 Å². The third kappa shape index (κ3) is 3.14. The molecular weight excluding hydrogens is 283 g/mol. The minimum absolute atomic E-state index is 0.244. The van der Waals surface area contributed by atoms with Gasteiger partial charge in [-0.1, -0.05) is 0 Å². The SMILES string of the molecule is Cc1ccc(C(=O)[I-]C(=O)O)cc1. The number of carbonyl (C=O) groups excluding carboxylic acids is 1. The molecule has 70 valence electrons. The Hall–Kier alpha value is -0.910. The van der Waals surface area contributed by atoms with Crippen molar-refractivity contribution in [2.75, 3.05) is 0 Å². The molecule has 0 spiro atoms. The van der Waals surface area contributed by atoms with E-state index in [0.717, 1.165) is 5.56 Å². The molecule has 1 rings (SSSR count). The van der Waals surface area contributed by atoms with Crippen LogP contribution in [0.4, 0.5) is 4.79 Å². The van der Waals surface area contributed by atoms with Crippen molar-refractivity contribution in [2.24, 2.45) is 0 Å². The quantitative estimate of drug-likeness (QED) is 0.568. The van der Waals surface area contributed by atoms with Crippen LogP contribution in [0.5, 0.6) is 0 Å². The monoisotopic (exact) mass is 291 g/mol. The van der Waals surface area contributed by atoms with Crippen molar-refractivity contribution < 1.29 is 35.9 Å². The van der Waals surface area contributed by atoms with E-state index in [2.05, 4.69) is 0 Å². The average molecular weight is 291 g/mol. The molecule has 0 atom stereocenters. The van der Waals surface area contributed by atoms with Gasteiger partial charge in [-0.25, -0.2) is 0 Å². The van der Waals surface area contributed by atoms with Crippen molar-refractivity contribution in [1.82, 2.24) is 0 Å². The summed E-state index contributed by atoms with van der Waals surface area (Å²) in [6, 6.07) is 6.94. The Morgan fingerprint density at radius 3 is 2.23 bits per heavy atom. The second-order valence-electron chi connectivity index (χ2n) is 2.49. The Balaban J connectivity index is 2.78. The van der Waals surface area contributed by atoms with Gasteiger partial charge in [0.15, 0.2) is 0 Å². The third-order valence-corrected chi connectivity index (χ3v) is 3.02. The summed E-state index contributed by atoms with van der Waals surface area (Å²) in [4.78, 5) is 21.5. The summed E-state index contributed by atoms with van der Waals surface area (Å²) in [6.45, 7) is 1.92. The Bertz CT molecular complexity index is 329. The second-order valence-corrected chi connectivity index (χ2v) is 4.93. The van der Waals surface area contributed by atoms with Gasteiger partial charge in [-0.15, -0.1) is 0 Å². The number of rotatable bonds is 3. The van der Waals surface area contributed by atoms with Gasteiger partial charge in [0, 0.05) is 0 Å². The zero-order valence-electron chi connectivity index (χ0n) is 6.95. The van der Waals surface area contributed by atoms with Crippen molar-refractivity contribution in [2.45, 2.75) is 6.92 Å². The molecule has 13 heavy (non-hydrogen) atoms. The summed E-state index contributed by atoms with van der Waals surface area (Å²) in [6.07, 6.45) is 0. The predicted molar refractivity (Wildman–Crippen MR) is 43.5 cm³/mol. The van der Waals surface area contributed by atoms with Gasteiger partial charge < -0.3 is 0 Å². The van der Waals surface area contributed by atoms with Crippen LogP contribution in [0.1, 0.15) is 15.9 Å². The Kier molecular flexibility index (Phi) is 3.41. The number of halogens is 1. The van der Waals surface area contributed by atoms with Crippen molar-refractivity contribution in [3.8, 4) is 0 Å². The molecule has 1 N–H and O–H groups in total. The first-order valence-electron chi connectivity index (χ1n) is 3.58. The topological polar surface area (TPSA) is 54.4 Å². The molecule has 0 unspecified atom stereocenters. The fourth-order valence-corrected chi connectivity index (χ4v) is 1.90. The number of carboxylic acid groups (broad SMARTS) is 1. The summed E-state index contributed by atoms with van der Waals surface area (Å²) < 4.78 is -1.23. The number of aryl methyl sites for hydroxylation is 1. The number of hydrogen-bond donors (Lipinski definition) is 1. The molecule has 3 nitrogen and oxygen atoms in total. The van der Waals surface area contributed by atoms with E-state index in [1.807, 2.05) is 6.92 Å². The van der Waals surface area contributed by atoms with E-state index in [-0.39, 0.29) is 3.79 Å². The molecule has 0 radical (unpaired) electrons. The van der Waals surface area contributed by atoms with Crippen LogP contribution in [0.15, 0.2) is 24.3 Å². The zero-order chi connectivity index (χ0) is 9.84. The molecule has 0 aromatic heterocycles. The summed E-state index contributed by atoms with van der Waals surface area (Å²) in [5, 5.41) is 8.43. The molecule has 1 aromatic carbocycles. The molecule has 1 aromatic rings. The molecule has 0 saturated carbocycles. The summed E-state index contributed by atoms with van der Waals surface area (Å²) in [5.74, 6) is 0.